The lowest BCUT2D eigenvalue weighted by atomic mass is 10.1. The molecule has 2 aromatic carbocycles. The average Bonchev–Trinajstić information content (AvgIpc) is 2.88. The average molecular weight is 430 g/mol. The van der Waals surface area contributed by atoms with Gasteiger partial charge in [0.25, 0.3) is 11.6 Å². The molecule has 6 nitrogen and oxygen atoms in total. The molecule has 0 atom stereocenters. The van der Waals surface area contributed by atoms with E-state index >= 15 is 0 Å². The van der Waals surface area contributed by atoms with Crippen molar-refractivity contribution in [2.75, 3.05) is 24.5 Å². The third kappa shape index (κ3) is 6.20. The molecule has 0 aliphatic carbocycles. The van der Waals surface area contributed by atoms with Crippen molar-refractivity contribution in [3.05, 3.63) is 68.7 Å². The zero-order valence-corrected chi connectivity index (χ0v) is 17.9. The molecule has 0 bridgehead atoms. The van der Waals surface area contributed by atoms with Gasteiger partial charge in [-0.1, -0.05) is 49.4 Å². The normalized spacial score (nSPS) is 15.0. The summed E-state index contributed by atoms with van der Waals surface area (Å²) >= 11 is 6.20. The van der Waals surface area contributed by atoms with E-state index in [1.807, 2.05) is 12.1 Å². The van der Waals surface area contributed by atoms with Gasteiger partial charge in [0.15, 0.2) is 0 Å². The van der Waals surface area contributed by atoms with E-state index in [9.17, 15) is 14.9 Å². The first kappa shape index (κ1) is 22.1. The minimum Gasteiger partial charge on any atom is -0.371 e. The number of hydrogen-bond acceptors (Lipinski definition) is 4. The van der Waals surface area contributed by atoms with Crippen LogP contribution in [0.1, 0.15) is 54.4 Å². The highest BCUT2D eigenvalue weighted by Crippen LogP contribution is 2.26. The molecule has 7 heteroatoms. The number of rotatable bonds is 6. The minimum absolute atomic E-state index is 0.0652. The van der Waals surface area contributed by atoms with E-state index in [4.69, 9.17) is 11.6 Å². The Labute approximate surface area is 182 Å². The maximum atomic E-state index is 12.9. The molecule has 0 aromatic heterocycles. The molecule has 1 aliphatic rings. The second-order valence-electron chi connectivity index (χ2n) is 7.70. The van der Waals surface area contributed by atoms with Crippen molar-refractivity contribution < 1.29 is 9.72 Å². The third-order valence-corrected chi connectivity index (χ3v) is 5.73. The van der Waals surface area contributed by atoms with Crippen LogP contribution in [-0.2, 0) is 6.42 Å². The Balaban J connectivity index is 1.65. The molecule has 2 aromatic rings. The van der Waals surface area contributed by atoms with Crippen LogP contribution in [0.5, 0.6) is 0 Å². The van der Waals surface area contributed by atoms with Gasteiger partial charge in [0.1, 0.15) is 0 Å². The molecule has 0 saturated carbocycles. The Bertz CT molecular complexity index is 860. The van der Waals surface area contributed by atoms with Crippen LogP contribution in [0.15, 0.2) is 42.5 Å². The summed E-state index contributed by atoms with van der Waals surface area (Å²) in [5, 5.41) is 14.3. The molecule has 1 aliphatic heterocycles. The highest BCUT2D eigenvalue weighted by molar-refractivity contribution is 6.31. The summed E-state index contributed by atoms with van der Waals surface area (Å²) in [5.41, 5.74) is 2.54. The molecule has 3 rings (SSSR count). The lowest BCUT2D eigenvalue weighted by molar-refractivity contribution is -0.384. The lowest BCUT2D eigenvalue weighted by Crippen LogP contribution is -2.31. The summed E-state index contributed by atoms with van der Waals surface area (Å²) in [6, 6.07) is 11.9. The van der Waals surface area contributed by atoms with Crippen LogP contribution in [-0.4, -0.2) is 30.5 Å². The molecular weight excluding hydrogens is 402 g/mol. The highest BCUT2D eigenvalue weighted by atomic mass is 35.5. The van der Waals surface area contributed by atoms with E-state index in [-0.39, 0.29) is 11.6 Å². The Kier molecular flexibility index (Phi) is 8.08. The monoisotopic (exact) mass is 429 g/mol. The number of carbonyl (C=O) groups excluding carboxylic acids is 1. The SMILES string of the molecule is O=C(NCCc1ccc([N+](=O)[O-])cc1)c1cc(Cl)ccc1N1CCCCCCCC1. The third-order valence-electron chi connectivity index (χ3n) is 5.50. The number of anilines is 1. The van der Waals surface area contributed by atoms with Gasteiger partial charge < -0.3 is 10.2 Å². The zero-order chi connectivity index (χ0) is 21.3. The van der Waals surface area contributed by atoms with Crippen LogP contribution in [0.25, 0.3) is 0 Å². The molecule has 1 heterocycles. The smallest absolute Gasteiger partial charge is 0.269 e. The minimum atomic E-state index is -0.418. The molecule has 160 valence electrons. The second kappa shape index (κ2) is 11.0. The van der Waals surface area contributed by atoms with Gasteiger partial charge in [-0.3, -0.25) is 14.9 Å². The molecule has 0 unspecified atom stereocenters. The predicted molar refractivity (Wildman–Crippen MR) is 121 cm³/mol. The molecule has 0 radical (unpaired) electrons. The Morgan fingerprint density at radius 2 is 1.63 bits per heavy atom. The second-order valence-corrected chi connectivity index (χ2v) is 8.14. The van der Waals surface area contributed by atoms with Gasteiger partial charge in [-0.15, -0.1) is 0 Å². The first-order valence-electron chi connectivity index (χ1n) is 10.6. The summed E-state index contributed by atoms with van der Waals surface area (Å²) in [7, 11) is 0. The van der Waals surface area contributed by atoms with E-state index in [2.05, 4.69) is 10.2 Å². The number of nitro groups is 1. The number of benzene rings is 2. The maximum Gasteiger partial charge on any atom is 0.269 e. The number of nitrogens with one attached hydrogen (secondary N) is 1. The van der Waals surface area contributed by atoms with Gasteiger partial charge in [0.2, 0.25) is 0 Å². The largest absolute Gasteiger partial charge is 0.371 e. The maximum absolute atomic E-state index is 12.9. The molecule has 1 N–H and O–H groups in total. The lowest BCUT2D eigenvalue weighted by Gasteiger charge is -2.26. The van der Waals surface area contributed by atoms with Crippen molar-refractivity contribution in [1.82, 2.24) is 5.32 Å². The molecular formula is C23H28ClN3O3. The van der Waals surface area contributed by atoms with Gasteiger partial charge >= 0.3 is 0 Å². The van der Waals surface area contributed by atoms with E-state index in [1.54, 1.807) is 18.2 Å². The fraction of sp³-hybridized carbons (Fsp3) is 0.435. The molecule has 1 fully saturated rings. The summed E-state index contributed by atoms with van der Waals surface area (Å²) in [4.78, 5) is 25.6. The fourth-order valence-corrected chi connectivity index (χ4v) is 4.00. The van der Waals surface area contributed by atoms with Crippen molar-refractivity contribution in [2.45, 2.75) is 44.9 Å². The van der Waals surface area contributed by atoms with Crippen molar-refractivity contribution in [3.63, 3.8) is 0 Å². The van der Waals surface area contributed by atoms with Gasteiger partial charge in [0.05, 0.1) is 10.5 Å². The quantitative estimate of drug-likeness (QED) is 0.494. The number of amides is 1. The van der Waals surface area contributed by atoms with Crippen molar-refractivity contribution >= 4 is 28.9 Å². The molecule has 30 heavy (non-hydrogen) atoms. The topological polar surface area (TPSA) is 75.5 Å². The van der Waals surface area contributed by atoms with Crippen LogP contribution >= 0.6 is 11.6 Å². The van der Waals surface area contributed by atoms with E-state index in [0.29, 0.717) is 23.6 Å². The number of halogens is 1. The number of non-ortho nitro benzene ring substituents is 1. The first-order chi connectivity index (χ1) is 14.5. The van der Waals surface area contributed by atoms with Gasteiger partial charge in [-0.25, -0.2) is 0 Å². The fourth-order valence-electron chi connectivity index (χ4n) is 3.83. The standard InChI is InChI=1S/C23H28ClN3O3/c24-19-9-12-22(26-15-5-3-1-2-4-6-16-26)21(17-19)23(28)25-14-13-18-7-10-20(11-8-18)27(29)30/h7-12,17H,1-6,13-16H2,(H,25,28). The van der Waals surface area contributed by atoms with Crippen LogP contribution in [0, 0.1) is 10.1 Å². The summed E-state index contributed by atoms with van der Waals surface area (Å²) < 4.78 is 0. The summed E-state index contributed by atoms with van der Waals surface area (Å²) in [6.07, 6.45) is 7.87. The van der Waals surface area contributed by atoms with E-state index in [0.717, 1.165) is 37.2 Å². The van der Waals surface area contributed by atoms with Crippen LogP contribution in [0.2, 0.25) is 5.02 Å². The summed E-state index contributed by atoms with van der Waals surface area (Å²) in [6.45, 7) is 2.35. The van der Waals surface area contributed by atoms with Crippen LogP contribution in [0.3, 0.4) is 0 Å². The number of nitro benzene ring substituents is 1. The van der Waals surface area contributed by atoms with Gasteiger partial charge in [0, 0.05) is 42.5 Å². The Morgan fingerprint density at radius 3 is 2.27 bits per heavy atom. The number of carbonyl (C=O) groups is 1. The number of hydrogen-bond donors (Lipinski definition) is 1. The van der Waals surface area contributed by atoms with Gasteiger partial charge in [-0.05, 0) is 43.0 Å². The predicted octanol–water partition coefficient (Wildman–Crippen LogP) is 5.38. The number of nitrogens with zero attached hydrogens (tertiary/aromatic N) is 2. The van der Waals surface area contributed by atoms with Crippen LogP contribution < -0.4 is 10.2 Å². The van der Waals surface area contributed by atoms with E-state index < -0.39 is 4.92 Å². The molecule has 1 amide bonds. The van der Waals surface area contributed by atoms with Crippen molar-refractivity contribution in [3.8, 4) is 0 Å². The zero-order valence-electron chi connectivity index (χ0n) is 17.1. The molecule has 1 saturated heterocycles. The van der Waals surface area contributed by atoms with Gasteiger partial charge in [-0.2, -0.15) is 0 Å². The molecule has 0 spiro atoms. The van der Waals surface area contributed by atoms with Crippen molar-refractivity contribution in [2.24, 2.45) is 0 Å². The highest BCUT2D eigenvalue weighted by Gasteiger charge is 2.18. The van der Waals surface area contributed by atoms with E-state index in [1.165, 1.54) is 37.8 Å². The Hall–Kier alpha value is -2.60. The Morgan fingerprint density at radius 1 is 1.00 bits per heavy atom. The first-order valence-corrected chi connectivity index (χ1v) is 11.0. The van der Waals surface area contributed by atoms with Crippen LogP contribution in [0.4, 0.5) is 11.4 Å². The van der Waals surface area contributed by atoms with Crippen molar-refractivity contribution in [1.29, 1.82) is 0 Å². The summed E-state index contributed by atoms with van der Waals surface area (Å²) in [5.74, 6) is -0.144.